The number of nitrogens with zero attached hydrogens (tertiary/aromatic N) is 4. The summed E-state index contributed by atoms with van der Waals surface area (Å²) in [5, 5.41) is 18.5. The van der Waals surface area contributed by atoms with E-state index in [0.717, 1.165) is 4.68 Å². The van der Waals surface area contributed by atoms with Gasteiger partial charge >= 0.3 is 12.2 Å². The summed E-state index contributed by atoms with van der Waals surface area (Å²) in [5.41, 5.74) is -0.217. The van der Waals surface area contributed by atoms with Crippen molar-refractivity contribution in [3.63, 3.8) is 0 Å². The highest BCUT2D eigenvalue weighted by atomic mass is 16.6. The van der Waals surface area contributed by atoms with Gasteiger partial charge in [0.1, 0.15) is 5.60 Å². The van der Waals surface area contributed by atoms with E-state index in [9.17, 15) is 19.7 Å². The van der Waals surface area contributed by atoms with Gasteiger partial charge in [-0.05, 0) is 47.6 Å². The minimum atomic E-state index is -0.931. The maximum absolute atomic E-state index is 12.9. The van der Waals surface area contributed by atoms with E-state index in [0.29, 0.717) is 22.8 Å². The number of benzene rings is 1. The highest BCUT2D eigenvalue weighted by Gasteiger charge is 2.48. The molecule has 0 bridgehead atoms. The van der Waals surface area contributed by atoms with Gasteiger partial charge in [-0.3, -0.25) is 15.0 Å². The third-order valence-corrected chi connectivity index (χ3v) is 4.93. The molecule has 11 nitrogen and oxygen atoms in total. The number of carbonyl (C=O) groups excluding carboxylic acids is 2. The molecule has 1 N–H and O–H groups in total. The van der Waals surface area contributed by atoms with Crippen molar-refractivity contribution in [1.29, 1.82) is 0 Å². The van der Waals surface area contributed by atoms with Crippen LogP contribution in [0.5, 0.6) is 0 Å². The summed E-state index contributed by atoms with van der Waals surface area (Å²) in [5.74, 6) is 0.299. The second-order valence-corrected chi connectivity index (χ2v) is 8.84. The van der Waals surface area contributed by atoms with Crippen LogP contribution >= 0.6 is 0 Å². The number of carbonyl (C=O) groups is 2. The minimum absolute atomic E-state index is 0.0906. The Morgan fingerprint density at radius 2 is 1.97 bits per heavy atom. The molecule has 1 aromatic heterocycles. The lowest BCUT2D eigenvalue weighted by atomic mass is 10.0. The van der Waals surface area contributed by atoms with Gasteiger partial charge in [0.25, 0.3) is 5.69 Å². The summed E-state index contributed by atoms with van der Waals surface area (Å²) in [6.07, 6.45) is -1.22. The molecule has 11 heteroatoms. The molecule has 0 atom stereocenters. The zero-order valence-electron chi connectivity index (χ0n) is 19.0. The average Bonchev–Trinajstić information content (AvgIpc) is 3.16. The van der Waals surface area contributed by atoms with Crippen LogP contribution in [0.15, 0.2) is 24.3 Å². The summed E-state index contributed by atoms with van der Waals surface area (Å²) >= 11 is 0. The fourth-order valence-electron chi connectivity index (χ4n) is 3.57. The van der Waals surface area contributed by atoms with E-state index in [2.05, 4.69) is 10.4 Å². The number of nitrogens with one attached hydrogen (secondary N) is 1. The van der Waals surface area contributed by atoms with Crippen LogP contribution < -0.4 is 5.32 Å². The van der Waals surface area contributed by atoms with Crippen LogP contribution in [0.3, 0.4) is 0 Å². The van der Waals surface area contributed by atoms with E-state index in [1.54, 1.807) is 53.7 Å². The molecule has 0 saturated carbocycles. The van der Waals surface area contributed by atoms with Crippen molar-refractivity contribution in [2.75, 3.05) is 11.9 Å². The first-order valence-corrected chi connectivity index (χ1v) is 10.2. The van der Waals surface area contributed by atoms with Crippen molar-refractivity contribution in [2.24, 2.45) is 0 Å². The molecule has 32 heavy (non-hydrogen) atoms. The fourth-order valence-corrected chi connectivity index (χ4v) is 3.57. The number of amides is 1. The number of nitro groups is 1. The van der Waals surface area contributed by atoms with Gasteiger partial charge in [0, 0.05) is 23.4 Å². The normalized spacial score (nSPS) is 14.6. The van der Waals surface area contributed by atoms with E-state index in [1.807, 2.05) is 0 Å². The second kappa shape index (κ2) is 8.13. The molecule has 1 amide bonds. The van der Waals surface area contributed by atoms with Crippen molar-refractivity contribution in [3.8, 4) is 0 Å². The van der Waals surface area contributed by atoms with Crippen LogP contribution in [-0.4, -0.2) is 44.0 Å². The molecule has 1 aliphatic rings. The number of non-ortho nitro benzene ring substituents is 1. The van der Waals surface area contributed by atoms with E-state index < -0.39 is 28.2 Å². The van der Waals surface area contributed by atoms with Crippen molar-refractivity contribution < 1.29 is 24.0 Å². The molecule has 0 saturated heterocycles. The highest BCUT2D eigenvalue weighted by Crippen LogP contribution is 2.43. The molecule has 1 aliphatic heterocycles. The highest BCUT2D eigenvalue weighted by molar-refractivity contribution is 5.78. The van der Waals surface area contributed by atoms with Crippen LogP contribution in [0, 0.1) is 10.1 Å². The molecule has 0 fully saturated rings. The van der Waals surface area contributed by atoms with Gasteiger partial charge in [-0.25, -0.2) is 9.59 Å². The Bertz CT molecular complexity index is 1070. The number of hydrogen-bond acceptors (Lipinski definition) is 8. The summed E-state index contributed by atoms with van der Waals surface area (Å²) in [6, 6.07) is 5.93. The molecule has 0 aliphatic carbocycles. The van der Waals surface area contributed by atoms with Crippen molar-refractivity contribution >= 4 is 29.4 Å². The molecule has 2 aromatic rings. The third-order valence-electron chi connectivity index (χ3n) is 4.93. The average molecular weight is 445 g/mol. The number of hydrogen-bond donors (Lipinski definition) is 1. The van der Waals surface area contributed by atoms with Gasteiger partial charge in [-0.15, -0.1) is 5.10 Å². The standard InChI is InChI=1S/C21H27N5O6/c1-7-31-19(28)25-16-15(12-24(21(16,5)6)18(27)32-20(2,3)4)17(23-25)22-13-9-8-10-14(11-13)26(29)30/h8-11H,7,12H2,1-6H3,(H,22,23). The molecule has 0 radical (unpaired) electrons. The molecule has 0 unspecified atom stereocenters. The molecular formula is C21H27N5O6. The Morgan fingerprint density at radius 1 is 1.28 bits per heavy atom. The van der Waals surface area contributed by atoms with Crippen molar-refractivity contribution in [3.05, 3.63) is 45.6 Å². The van der Waals surface area contributed by atoms with Gasteiger partial charge in [0.2, 0.25) is 0 Å². The molecular weight excluding hydrogens is 418 g/mol. The van der Waals surface area contributed by atoms with Crippen molar-refractivity contribution in [1.82, 2.24) is 14.7 Å². The summed E-state index contributed by atoms with van der Waals surface area (Å²) in [4.78, 5) is 37.7. The van der Waals surface area contributed by atoms with E-state index in [-0.39, 0.29) is 18.8 Å². The Morgan fingerprint density at radius 3 is 2.56 bits per heavy atom. The zero-order chi connectivity index (χ0) is 23.8. The number of fused-ring (bicyclic) bond motifs is 1. The van der Waals surface area contributed by atoms with Crippen molar-refractivity contribution in [2.45, 2.75) is 59.2 Å². The monoisotopic (exact) mass is 445 g/mol. The van der Waals surface area contributed by atoms with Crippen LogP contribution in [0.25, 0.3) is 0 Å². The number of rotatable bonds is 4. The number of anilines is 2. The number of nitro benzene ring substituents is 1. The lowest BCUT2D eigenvalue weighted by Crippen LogP contribution is -2.44. The quantitative estimate of drug-likeness (QED) is 0.537. The predicted octanol–water partition coefficient (Wildman–Crippen LogP) is 4.53. The van der Waals surface area contributed by atoms with Gasteiger partial charge < -0.3 is 14.8 Å². The Kier molecular flexibility index (Phi) is 5.86. The molecule has 172 valence electrons. The fraction of sp³-hybridized carbons (Fsp3) is 0.476. The van der Waals surface area contributed by atoms with E-state index in [1.165, 1.54) is 17.0 Å². The van der Waals surface area contributed by atoms with Crippen LogP contribution in [0.1, 0.15) is 52.8 Å². The topological polar surface area (TPSA) is 129 Å². The van der Waals surface area contributed by atoms with Gasteiger partial charge in [0.15, 0.2) is 5.82 Å². The largest absolute Gasteiger partial charge is 0.448 e. The number of aromatic nitrogens is 2. The van der Waals surface area contributed by atoms with Crippen LogP contribution in [0.4, 0.5) is 26.8 Å². The Labute approximate surface area is 185 Å². The van der Waals surface area contributed by atoms with E-state index in [4.69, 9.17) is 9.47 Å². The molecule has 2 heterocycles. The lowest BCUT2D eigenvalue weighted by Gasteiger charge is -2.34. The van der Waals surface area contributed by atoms with Crippen LogP contribution in [0.2, 0.25) is 0 Å². The SMILES string of the molecule is CCOC(=O)n1nc(Nc2cccc([N+](=O)[O-])c2)c2c1C(C)(C)N(C(=O)OC(C)(C)C)C2. The van der Waals surface area contributed by atoms with Crippen LogP contribution in [-0.2, 0) is 21.6 Å². The maximum Gasteiger partial charge on any atom is 0.435 e. The number of ether oxygens (including phenoxy) is 2. The third kappa shape index (κ3) is 4.36. The summed E-state index contributed by atoms with van der Waals surface area (Å²) in [6.45, 7) is 10.9. The first-order valence-electron chi connectivity index (χ1n) is 10.2. The first kappa shape index (κ1) is 23.0. The summed E-state index contributed by atoms with van der Waals surface area (Å²) in [7, 11) is 0. The molecule has 0 spiro atoms. The maximum atomic E-state index is 12.9. The lowest BCUT2D eigenvalue weighted by molar-refractivity contribution is -0.384. The predicted molar refractivity (Wildman–Crippen MR) is 116 cm³/mol. The summed E-state index contributed by atoms with van der Waals surface area (Å²) < 4.78 is 11.8. The Balaban J connectivity index is 2.05. The zero-order valence-corrected chi connectivity index (χ0v) is 19.0. The molecule has 3 rings (SSSR count). The van der Waals surface area contributed by atoms with Gasteiger partial charge in [0.05, 0.1) is 29.3 Å². The minimum Gasteiger partial charge on any atom is -0.448 e. The van der Waals surface area contributed by atoms with E-state index >= 15 is 0 Å². The first-order chi connectivity index (χ1) is 14.8. The van der Waals surface area contributed by atoms with Gasteiger partial charge in [-0.1, -0.05) is 6.07 Å². The second-order valence-electron chi connectivity index (χ2n) is 8.84. The molecule has 1 aromatic carbocycles. The smallest absolute Gasteiger partial charge is 0.435 e. The Hall–Kier alpha value is -3.63. The van der Waals surface area contributed by atoms with Gasteiger partial charge in [-0.2, -0.15) is 4.68 Å².